The molecule has 1 N–H and O–H groups in total. The van der Waals surface area contributed by atoms with Gasteiger partial charge in [0, 0.05) is 25.2 Å². The Morgan fingerprint density at radius 3 is 2.79 bits per heavy atom. The summed E-state index contributed by atoms with van der Waals surface area (Å²) in [5.74, 6) is 2.45. The number of piperidine rings is 1. The number of aromatic nitrogens is 2. The van der Waals surface area contributed by atoms with Crippen LogP contribution in [0.3, 0.4) is 0 Å². The quantitative estimate of drug-likeness (QED) is 0.474. The lowest BCUT2D eigenvalue weighted by Crippen LogP contribution is -2.44. The van der Waals surface area contributed by atoms with Gasteiger partial charge in [-0.25, -0.2) is 0 Å². The van der Waals surface area contributed by atoms with Gasteiger partial charge in [0.1, 0.15) is 0 Å². The number of hydrogen-bond acceptors (Lipinski definition) is 8. The van der Waals surface area contributed by atoms with E-state index >= 15 is 0 Å². The number of methoxy groups -OCH3 is 2. The fourth-order valence-corrected chi connectivity index (χ4v) is 4.31. The van der Waals surface area contributed by atoms with Crippen molar-refractivity contribution in [1.82, 2.24) is 25.3 Å². The van der Waals surface area contributed by atoms with Crippen LogP contribution in [0.15, 0.2) is 22.7 Å². The molecule has 34 heavy (non-hydrogen) atoms. The van der Waals surface area contributed by atoms with Gasteiger partial charge in [0.15, 0.2) is 11.5 Å². The maximum Gasteiger partial charge on any atom is 0.241 e. The predicted molar refractivity (Wildman–Crippen MR) is 131 cm³/mol. The average molecular weight is 474 g/mol. The van der Waals surface area contributed by atoms with Gasteiger partial charge in [-0.3, -0.25) is 9.69 Å². The van der Waals surface area contributed by atoms with E-state index in [2.05, 4.69) is 39.1 Å². The highest BCUT2D eigenvalue weighted by Crippen LogP contribution is 2.31. The van der Waals surface area contributed by atoms with Crippen LogP contribution in [-0.4, -0.2) is 79.3 Å². The minimum atomic E-state index is -0.00675. The summed E-state index contributed by atoms with van der Waals surface area (Å²) in [4.78, 5) is 21.9. The SMILES string of the molecule is CCCCN(CC)CCNC(=O)[C@H]1CCCN(Cc2nc(-c3ccc(OC)c(OC)c3)no2)C1. The van der Waals surface area contributed by atoms with Crippen LogP contribution in [-0.2, 0) is 11.3 Å². The number of ether oxygens (including phenoxy) is 2. The van der Waals surface area contributed by atoms with Crippen LogP contribution in [0.4, 0.5) is 0 Å². The van der Waals surface area contributed by atoms with Gasteiger partial charge in [-0.2, -0.15) is 4.98 Å². The van der Waals surface area contributed by atoms with Gasteiger partial charge in [0.05, 0.1) is 26.7 Å². The Morgan fingerprint density at radius 2 is 2.06 bits per heavy atom. The molecule has 188 valence electrons. The highest BCUT2D eigenvalue weighted by molar-refractivity contribution is 5.78. The van der Waals surface area contributed by atoms with E-state index in [0.29, 0.717) is 42.8 Å². The number of hydrogen-bond donors (Lipinski definition) is 1. The number of amides is 1. The smallest absolute Gasteiger partial charge is 0.241 e. The first-order valence-electron chi connectivity index (χ1n) is 12.3. The maximum absolute atomic E-state index is 12.8. The number of nitrogens with zero attached hydrogens (tertiary/aromatic N) is 4. The van der Waals surface area contributed by atoms with Crippen LogP contribution in [0, 0.1) is 5.92 Å². The third-order valence-corrected chi connectivity index (χ3v) is 6.35. The molecule has 1 aromatic carbocycles. The molecule has 1 atom stereocenters. The van der Waals surface area contributed by atoms with Crippen molar-refractivity contribution in [3.63, 3.8) is 0 Å². The van der Waals surface area contributed by atoms with Crippen molar-refractivity contribution < 1.29 is 18.8 Å². The monoisotopic (exact) mass is 473 g/mol. The molecular weight excluding hydrogens is 434 g/mol. The number of rotatable bonds is 13. The molecule has 2 aromatic rings. The Balaban J connectivity index is 1.50. The van der Waals surface area contributed by atoms with Crippen molar-refractivity contribution >= 4 is 5.91 Å². The van der Waals surface area contributed by atoms with E-state index in [9.17, 15) is 4.79 Å². The summed E-state index contributed by atoms with van der Waals surface area (Å²) in [5, 5.41) is 7.27. The molecule has 1 aliphatic heterocycles. The van der Waals surface area contributed by atoms with Crippen molar-refractivity contribution in [1.29, 1.82) is 0 Å². The topological polar surface area (TPSA) is 93.0 Å². The van der Waals surface area contributed by atoms with Crippen LogP contribution in [0.25, 0.3) is 11.4 Å². The molecule has 2 heterocycles. The van der Waals surface area contributed by atoms with Gasteiger partial charge in [-0.15, -0.1) is 0 Å². The third kappa shape index (κ3) is 7.17. The van der Waals surface area contributed by atoms with E-state index in [0.717, 1.165) is 44.6 Å². The molecule has 0 radical (unpaired) electrons. The summed E-state index contributed by atoms with van der Waals surface area (Å²) in [6.07, 6.45) is 4.28. The third-order valence-electron chi connectivity index (χ3n) is 6.35. The molecule has 0 aliphatic carbocycles. The van der Waals surface area contributed by atoms with Crippen molar-refractivity contribution in [3.8, 4) is 22.9 Å². The lowest BCUT2D eigenvalue weighted by atomic mass is 9.97. The largest absolute Gasteiger partial charge is 0.493 e. The van der Waals surface area contributed by atoms with Gasteiger partial charge in [0.2, 0.25) is 17.6 Å². The number of unbranched alkanes of at least 4 members (excludes halogenated alkanes) is 1. The first-order chi connectivity index (χ1) is 16.6. The summed E-state index contributed by atoms with van der Waals surface area (Å²) in [6.45, 7) is 10.2. The van der Waals surface area contributed by atoms with Crippen molar-refractivity contribution in [2.75, 3.05) is 53.5 Å². The molecule has 3 rings (SSSR count). The van der Waals surface area contributed by atoms with Gasteiger partial charge in [-0.1, -0.05) is 25.4 Å². The first-order valence-corrected chi connectivity index (χ1v) is 12.3. The van der Waals surface area contributed by atoms with Gasteiger partial charge in [-0.05, 0) is 57.1 Å². The summed E-state index contributed by atoms with van der Waals surface area (Å²) in [5.41, 5.74) is 0.795. The van der Waals surface area contributed by atoms with Crippen molar-refractivity contribution in [2.45, 2.75) is 46.1 Å². The van der Waals surface area contributed by atoms with Crippen molar-refractivity contribution in [2.24, 2.45) is 5.92 Å². The molecule has 0 bridgehead atoms. The Bertz CT molecular complexity index is 903. The average Bonchev–Trinajstić information content (AvgIpc) is 3.34. The van der Waals surface area contributed by atoms with Crippen LogP contribution < -0.4 is 14.8 Å². The number of benzene rings is 1. The molecule has 0 saturated carbocycles. The molecular formula is C25H39N5O4. The summed E-state index contributed by atoms with van der Waals surface area (Å²) in [7, 11) is 3.20. The Hall–Kier alpha value is -2.65. The van der Waals surface area contributed by atoms with Crippen LogP contribution in [0.5, 0.6) is 11.5 Å². The minimum Gasteiger partial charge on any atom is -0.493 e. The second kappa shape index (κ2) is 13.3. The normalized spacial score (nSPS) is 16.6. The summed E-state index contributed by atoms with van der Waals surface area (Å²) >= 11 is 0. The van der Waals surface area contributed by atoms with Crippen LogP contribution >= 0.6 is 0 Å². The number of carbonyl (C=O) groups excluding carboxylic acids is 1. The number of likely N-dealkylation sites (N-methyl/N-ethyl adjacent to an activating group) is 1. The van der Waals surface area contributed by atoms with Gasteiger partial charge < -0.3 is 24.2 Å². The highest BCUT2D eigenvalue weighted by Gasteiger charge is 2.27. The highest BCUT2D eigenvalue weighted by atomic mass is 16.5. The van der Waals surface area contributed by atoms with E-state index in [4.69, 9.17) is 14.0 Å². The second-order valence-corrected chi connectivity index (χ2v) is 8.73. The van der Waals surface area contributed by atoms with Crippen LogP contribution in [0.1, 0.15) is 45.4 Å². The van der Waals surface area contributed by atoms with Crippen molar-refractivity contribution in [3.05, 3.63) is 24.1 Å². The number of nitrogens with one attached hydrogen (secondary N) is 1. The number of likely N-dealkylation sites (tertiary alicyclic amines) is 1. The Kier molecular flexibility index (Phi) is 10.2. The van der Waals surface area contributed by atoms with E-state index < -0.39 is 0 Å². The molecule has 1 amide bonds. The number of carbonyl (C=O) groups is 1. The first kappa shape index (κ1) is 26.0. The molecule has 9 heteroatoms. The molecule has 9 nitrogen and oxygen atoms in total. The summed E-state index contributed by atoms with van der Waals surface area (Å²) < 4.78 is 16.2. The van der Waals surface area contributed by atoms with Crippen LogP contribution in [0.2, 0.25) is 0 Å². The lowest BCUT2D eigenvalue weighted by Gasteiger charge is -2.31. The summed E-state index contributed by atoms with van der Waals surface area (Å²) in [6, 6.07) is 5.53. The van der Waals surface area contributed by atoms with Gasteiger partial charge in [0.25, 0.3) is 0 Å². The fourth-order valence-electron chi connectivity index (χ4n) is 4.31. The molecule has 1 saturated heterocycles. The molecule has 1 fully saturated rings. The van der Waals surface area contributed by atoms with Gasteiger partial charge >= 0.3 is 0 Å². The van der Waals surface area contributed by atoms with E-state index in [1.54, 1.807) is 14.2 Å². The Morgan fingerprint density at radius 1 is 1.24 bits per heavy atom. The maximum atomic E-state index is 12.8. The zero-order valence-corrected chi connectivity index (χ0v) is 21.0. The predicted octanol–water partition coefficient (Wildman–Crippen LogP) is 3.20. The minimum absolute atomic E-state index is 0.00675. The second-order valence-electron chi connectivity index (χ2n) is 8.73. The Labute approximate surface area is 202 Å². The fraction of sp³-hybridized carbons (Fsp3) is 0.640. The molecule has 0 unspecified atom stereocenters. The van der Waals surface area contributed by atoms with E-state index in [-0.39, 0.29) is 11.8 Å². The standard InChI is InChI=1S/C25H39N5O4/c1-5-7-13-29(6-2)15-12-26-25(31)20-9-8-14-30(17-20)18-23-27-24(28-34-23)19-10-11-21(32-3)22(16-19)33-4/h10-11,16,20H,5-9,12-15,17-18H2,1-4H3,(H,26,31)/t20-/m0/s1. The lowest BCUT2D eigenvalue weighted by molar-refractivity contribution is -0.126. The molecule has 1 aromatic heterocycles. The molecule has 1 aliphatic rings. The zero-order chi connectivity index (χ0) is 24.3. The van der Waals surface area contributed by atoms with E-state index in [1.807, 2.05) is 18.2 Å². The van der Waals surface area contributed by atoms with E-state index in [1.165, 1.54) is 12.8 Å². The zero-order valence-electron chi connectivity index (χ0n) is 21.0. The molecule has 0 spiro atoms.